The van der Waals surface area contributed by atoms with Gasteiger partial charge in [-0.1, -0.05) is 6.07 Å². The zero-order valence-electron chi connectivity index (χ0n) is 11.6. The Balaban J connectivity index is 1.80. The number of nitrogens with zero attached hydrogens (tertiary/aromatic N) is 1. The molecule has 0 atom stereocenters. The van der Waals surface area contributed by atoms with Crippen LogP contribution in [-0.4, -0.2) is 30.0 Å². The van der Waals surface area contributed by atoms with Crippen LogP contribution >= 0.6 is 27.7 Å². The van der Waals surface area contributed by atoms with Gasteiger partial charge in [0.2, 0.25) is 0 Å². The lowest BCUT2D eigenvalue weighted by Gasteiger charge is -2.29. The molecule has 5 nitrogen and oxygen atoms in total. The molecule has 2 aliphatic rings. The van der Waals surface area contributed by atoms with Gasteiger partial charge < -0.3 is 4.90 Å². The minimum atomic E-state index is -0.357. The van der Waals surface area contributed by atoms with Crippen molar-refractivity contribution in [3.63, 3.8) is 0 Å². The normalized spacial score (nSPS) is 20.7. The first-order chi connectivity index (χ1) is 10.5. The number of Topliss-reactive ketones (excluding diaryl/α,β-unsaturated/α-hetero) is 1. The highest BCUT2D eigenvalue weighted by Gasteiger charge is 2.25. The number of rotatable bonds is 2. The quantitative estimate of drug-likeness (QED) is 0.798. The Bertz CT molecular complexity index is 692. The van der Waals surface area contributed by atoms with Gasteiger partial charge >= 0.3 is 0 Å². The molecule has 0 saturated carbocycles. The molecular weight excluding hydrogens is 368 g/mol. The Morgan fingerprint density at radius 2 is 1.91 bits per heavy atom. The predicted octanol–water partition coefficient (Wildman–Crippen LogP) is 2.94. The lowest BCUT2D eigenvalue weighted by molar-refractivity contribution is -0.119. The number of thioether (sulfide) groups is 1. The number of carbonyl (C=O) groups is 3. The van der Waals surface area contributed by atoms with E-state index in [0.29, 0.717) is 23.5 Å². The van der Waals surface area contributed by atoms with Gasteiger partial charge in [-0.15, -0.1) is 0 Å². The van der Waals surface area contributed by atoms with Crippen molar-refractivity contribution in [2.75, 3.05) is 18.0 Å². The number of amides is 2. The molecule has 1 aromatic carbocycles. The van der Waals surface area contributed by atoms with Crippen molar-refractivity contribution < 1.29 is 14.4 Å². The van der Waals surface area contributed by atoms with E-state index >= 15 is 0 Å². The Hall–Kier alpha value is -1.60. The van der Waals surface area contributed by atoms with E-state index in [-0.39, 0.29) is 11.1 Å². The zero-order chi connectivity index (χ0) is 15.7. The van der Waals surface area contributed by atoms with E-state index in [9.17, 15) is 14.4 Å². The van der Waals surface area contributed by atoms with E-state index < -0.39 is 0 Å². The van der Waals surface area contributed by atoms with E-state index in [1.54, 1.807) is 6.08 Å². The van der Waals surface area contributed by atoms with Crippen LogP contribution in [0.5, 0.6) is 0 Å². The van der Waals surface area contributed by atoms with Crippen molar-refractivity contribution in [3.8, 4) is 0 Å². The third-order valence-electron chi connectivity index (χ3n) is 3.57. The number of carbonyl (C=O) groups excluding carboxylic acids is 3. The van der Waals surface area contributed by atoms with E-state index in [1.807, 2.05) is 18.2 Å². The van der Waals surface area contributed by atoms with Crippen molar-refractivity contribution in [1.29, 1.82) is 0 Å². The van der Waals surface area contributed by atoms with Crippen molar-refractivity contribution in [3.05, 3.63) is 33.1 Å². The molecule has 22 heavy (non-hydrogen) atoms. The first-order valence-electron chi connectivity index (χ1n) is 6.84. The molecule has 2 aliphatic heterocycles. The number of piperidine rings is 1. The van der Waals surface area contributed by atoms with Crippen molar-refractivity contribution in [1.82, 2.24) is 5.32 Å². The van der Waals surface area contributed by atoms with Crippen LogP contribution < -0.4 is 10.2 Å². The second-order valence-electron chi connectivity index (χ2n) is 5.09. The lowest BCUT2D eigenvalue weighted by atomic mass is 10.1. The topological polar surface area (TPSA) is 66.5 Å². The van der Waals surface area contributed by atoms with Crippen LogP contribution in [0.15, 0.2) is 27.6 Å². The third kappa shape index (κ3) is 3.25. The molecule has 1 N–H and O–H groups in total. The fourth-order valence-corrected chi connectivity index (χ4v) is 3.77. The molecule has 1 aromatic rings. The summed E-state index contributed by atoms with van der Waals surface area (Å²) in [6.45, 7) is 1.45. The summed E-state index contributed by atoms with van der Waals surface area (Å²) in [4.78, 5) is 36.6. The molecule has 3 rings (SSSR count). The van der Waals surface area contributed by atoms with Gasteiger partial charge in [0.15, 0.2) is 0 Å². The summed E-state index contributed by atoms with van der Waals surface area (Å²) in [7, 11) is 0. The number of hydrogen-bond acceptors (Lipinski definition) is 5. The molecule has 2 amide bonds. The molecule has 0 radical (unpaired) electrons. The molecule has 2 fully saturated rings. The molecule has 7 heteroatoms. The van der Waals surface area contributed by atoms with E-state index in [0.717, 1.165) is 40.6 Å². The summed E-state index contributed by atoms with van der Waals surface area (Å²) in [5.41, 5.74) is 1.88. The molecule has 0 spiro atoms. The summed E-state index contributed by atoms with van der Waals surface area (Å²) < 4.78 is 0.908. The zero-order valence-corrected chi connectivity index (χ0v) is 14.0. The fraction of sp³-hybridized carbons (Fsp3) is 0.267. The van der Waals surface area contributed by atoms with Gasteiger partial charge in [0.1, 0.15) is 5.78 Å². The number of anilines is 1. The molecule has 0 aromatic heterocycles. The van der Waals surface area contributed by atoms with E-state index in [1.165, 1.54) is 0 Å². The maximum atomic E-state index is 11.5. The van der Waals surface area contributed by atoms with Gasteiger partial charge in [0, 0.05) is 30.4 Å². The van der Waals surface area contributed by atoms with Crippen LogP contribution in [0.1, 0.15) is 18.4 Å². The largest absolute Gasteiger partial charge is 0.370 e. The van der Waals surface area contributed by atoms with Gasteiger partial charge in [0.25, 0.3) is 11.1 Å². The van der Waals surface area contributed by atoms with Gasteiger partial charge in [-0.05, 0) is 51.5 Å². The highest BCUT2D eigenvalue weighted by molar-refractivity contribution is 9.10. The highest BCUT2D eigenvalue weighted by Crippen LogP contribution is 2.31. The smallest absolute Gasteiger partial charge is 0.290 e. The minimum absolute atomic E-state index is 0.308. The van der Waals surface area contributed by atoms with Crippen molar-refractivity contribution in [2.24, 2.45) is 0 Å². The van der Waals surface area contributed by atoms with Crippen LogP contribution in [0, 0.1) is 0 Å². The fourth-order valence-electron chi connectivity index (χ4n) is 2.44. The monoisotopic (exact) mass is 380 g/mol. The molecule has 114 valence electrons. The van der Waals surface area contributed by atoms with Crippen LogP contribution in [0.25, 0.3) is 6.08 Å². The van der Waals surface area contributed by atoms with Gasteiger partial charge in [-0.3, -0.25) is 19.7 Å². The van der Waals surface area contributed by atoms with Gasteiger partial charge in [0.05, 0.1) is 10.6 Å². The van der Waals surface area contributed by atoms with Crippen LogP contribution in [0.4, 0.5) is 10.5 Å². The molecule has 2 saturated heterocycles. The molecule has 0 bridgehead atoms. The molecule has 0 unspecified atom stereocenters. The Kier molecular flexibility index (Phi) is 4.35. The number of imide groups is 1. The SMILES string of the molecule is O=C1CCN(c2ccc(/C=C3\SC(=O)NC3=O)cc2Br)CC1. The Morgan fingerprint density at radius 1 is 1.18 bits per heavy atom. The molecular formula is C15H13BrN2O3S. The van der Waals surface area contributed by atoms with Crippen LogP contribution in [-0.2, 0) is 9.59 Å². The first-order valence-corrected chi connectivity index (χ1v) is 8.45. The second-order valence-corrected chi connectivity index (χ2v) is 6.96. The number of halogens is 1. The average molecular weight is 381 g/mol. The van der Waals surface area contributed by atoms with Crippen molar-refractivity contribution >= 4 is 56.4 Å². The minimum Gasteiger partial charge on any atom is -0.370 e. The van der Waals surface area contributed by atoms with E-state index in [4.69, 9.17) is 0 Å². The highest BCUT2D eigenvalue weighted by atomic mass is 79.9. The Labute approximate surface area is 140 Å². The maximum Gasteiger partial charge on any atom is 0.290 e. The Morgan fingerprint density at radius 3 is 2.50 bits per heavy atom. The average Bonchev–Trinajstić information content (AvgIpc) is 2.78. The van der Waals surface area contributed by atoms with Gasteiger partial charge in [-0.2, -0.15) is 0 Å². The summed E-state index contributed by atoms with van der Waals surface area (Å²) in [6.07, 6.45) is 2.85. The summed E-state index contributed by atoms with van der Waals surface area (Å²) in [5, 5.41) is 1.89. The first kappa shape index (κ1) is 15.3. The number of ketones is 1. The molecule has 2 heterocycles. The van der Waals surface area contributed by atoms with Crippen molar-refractivity contribution in [2.45, 2.75) is 12.8 Å². The van der Waals surface area contributed by atoms with E-state index in [2.05, 4.69) is 26.1 Å². The maximum absolute atomic E-state index is 11.5. The summed E-state index contributed by atoms with van der Waals surface area (Å²) in [5.74, 6) is -0.0487. The van der Waals surface area contributed by atoms with Gasteiger partial charge in [-0.25, -0.2) is 0 Å². The third-order valence-corrected chi connectivity index (χ3v) is 5.02. The predicted molar refractivity (Wildman–Crippen MR) is 89.7 cm³/mol. The summed E-state index contributed by atoms with van der Waals surface area (Å²) >= 11 is 4.45. The summed E-state index contributed by atoms with van der Waals surface area (Å²) in [6, 6.07) is 5.78. The van der Waals surface area contributed by atoms with Crippen LogP contribution in [0.3, 0.4) is 0 Å². The number of benzene rings is 1. The lowest BCUT2D eigenvalue weighted by Crippen LogP contribution is -2.33. The molecule has 0 aliphatic carbocycles. The second kappa shape index (κ2) is 6.26. The van der Waals surface area contributed by atoms with Crippen LogP contribution in [0.2, 0.25) is 0 Å². The number of hydrogen-bond donors (Lipinski definition) is 1. The number of nitrogens with one attached hydrogen (secondary N) is 1. The standard InChI is InChI=1S/C15H13BrN2O3S/c16-11-7-9(8-13-14(20)17-15(21)22-13)1-2-12(11)18-5-3-10(19)4-6-18/h1-2,7-8H,3-6H2,(H,17,20,21)/b13-8-.